The molecule has 1 aliphatic heterocycles. The molecule has 1 fully saturated rings. The summed E-state index contributed by atoms with van der Waals surface area (Å²) < 4.78 is 16.7. The number of aliphatic hydroxyl groups excluding tert-OH is 1. The lowest BCUT2D eigenvalue weighted by molar-refractivity contribution is -0.320. The normalized spacial score (nSPS) is 26.1. The zero-order valence-electron chi connectivity index (χ0n) is 17.8. The van der Waals surface area contributed by atoms with Crippen LogP contribution in [0.2, 0.25) is 0 Å². The zero-order valence-corrected chi connectivity index (χ0v) is 17.8. The molecular weight excluding hydrogens is 372 g/mol. The minimum absolute atomic E-state index is 0.0386. The van der Waals surface area contributed by atoms with Crippen molar-refractivity contribution in [3.63, 3.8) is 0 Å². The molecule has 1 aliphatic rings. The van der Waals surface area contributed by atoms with Crippen LogP contribution in [0.3, 0.4) is 0 Å². The number of carbonyl (C=O) groups is 2. The largest absolute Gasteiger partial charge is 0.469 e. The number of carbonyl (C=O) groups excluding carboxylic acids is 2. The van der Waals surface area contributed by atoms with Crippen LogP contribution in [0.1, 0.15) is 46.1 Å². The lowest BCUT2D eigenvalue weighted by atomic mass is 9.83. The molecule has 0 bridgehead atoms. The Hall–Kier alpha value is -2.02. The Morgan fingerprint density at radius 3 is 2.52 bits per heavy atom. The number of aliphatic hydroxyl groups is 1. The third kappa shape index (κ3) is 6.77. The van der Waals surface area contributed by atoms with Gasteiger partial charge in [-0.1, -0.05) is 56.3 Å². The number of Topliss-reactive ketones (excluding diaryl/α,β-unsaturated/α-hetero) is 1. The van der Waals surface area contributed by atoms with Crippen LogP contribution in [0.4, 0.5) is 0 Å². The van der Waals surface area contributed by atoms with Crippen LogP contribution in [0.25, 0.3) is 6.08 Å². The van der Waals surface area contributed by atoms with Crippen molar-refractivity contribution in [1.29, 1.82) is 0 Å². The third-order valence-corrected chi connectivity index (χ3v) is 5.29. The molecule has 6 nitrogen and oxygen atoms in total. The van der Waals surface area contributed by atoms with Crippen molar-refractivity contribution in [3.8, 4) is 0 Å². The van der Waals surface area contributed by atoms with Crippen molar-refractivity contribution in [1.82, 2.24) is 0 Å². The van der Waals surface area contributed by atoms with Gasteiger partial charge in [-0.05, 0) is 19.4 Å². The molecule has 0 radical (unpaired) electrons. The molecule has 29 heavy (non-hydrogen) atoms. The van der Waals surface area contributed by atoms with E-state index in [2.05, 4.69) is 4.74 Å². The van der Waals surface area contributed by atoms with Gasteiger partial charge >= 0.3 is 5.97 Å². The number of esters is 1. The molecule has 2 rings (SSSR count). The average Bonchev–Trinajstić information content (AvgIpc) is 2.68. The molecule has 1 N–H and O–H groups in total. The monoisotopic (exact) mass is 404 g/mol. The summed E-state index contributed by atoms with van der Waals surface area (Å²) in [5.41, 5.74) is 1.07. The third-order valence-electron chi connectivity index (χ3n) is 5.29. The van der Waals surface area contributed by atoms with Crippen molar-refractivity contribution >= 4 is 17.8 Å². The molecule has 5 atom stereocenters. The second-order valence-electron chi connectivity index (χ2n) is 8.12. The zero-order chi connectivity index (χ0) is 21.6. The van der Waals surface area contributed by atoms with E-state index in [1.165, 1.54) is 7.11 Å². The van der Waals surface area contributed by atoms with Crippen molar-refractivity contribution < 1.29 is 28.9 Å². The Morgan fingerprint density at radius 2 is 1.90 bits per heavy atom. The van der Waals surface area contributed by atoms with E-state index in [1.54, 1.807) is 0 Å². The molecule has 1 heterocycles. The number of rotatable bonds is 8. The number of ether oxygens (including phenoxy) is 3. The maximum absolute atomic E-state index is 12.0. The number of hydrogen-bond acceptors (Lipinski definition) is 6. The average molecular weight is 405 g/mol. The summed E-state index contributed by atoms with van der Waals surface area (Å²) in [6.45, 7) is 7.56. The summed E-state index contributed by atoms with van der Waals surface area (Å²) in [6.07, 6.45) is 2.13. The predicted molar refractivity (Wildman–Crippen MR) is 110 cm³/mol. The summed E-state index contributed by atoms with van der Waals surface area (Å²) in [6, 6.07) is 9.95. The summed E-state index contributed by atoms with van der Waals surface area (Å²) in [5.74, 6) is -2.13. The van der Waals surface area contributed by atoms with Gasteiger partial charge in [-0.25, -0.2) is 0 Å². The highest BCUT2D eigenvalue weighted by molar-refractivity contribution is 5.95. The molecular formula is C23H32O6. The molecule has 1 saturated heterocycles. The van der Waals surface area contributed by atoms with E-state index in [0.29, 0.717) is 0 Å². The van der Waals surface area contributed by atoms with Gasteiger partial charge in [0.2, 0.25) is 0 Å². The van der Waals surface area contributed by atoms with Gasteiger partial charge in [0.05, 0.1) is 25.4 Å². The molecule has 0 aliphatic carbocycles. The van der Waals surface area contributed by atoms with E-state index in [9.17, 15) is 14.7 Å². The van der Waals surface area contributed by atoms with Crippen LogP contribution in [-0.2, 0) is 23.8 Å². The van der Waals surface area contributed by atoms with E-state index in [1.807, 2.05) is 70.2 Å². The first-order valence-corrected chi connectivity index (χ1v) is 9.98. The first-order chi connectivity index (χ1) is 13.6. The van der Waals surface area contributed by atoms with Crippen LogP contribution in [0, 0.1) is 11.8 Å². The van der Waals surface area contributed by atoms with E-state index in [-0.39, 0.29) is 42.7 Å². The highest BCUT2D eigenvalue weighted by Gasteiger charge is 2.44. The maximum Gasteiger partial charge on any atom is 0.313 e. The van der Waals surface area contributed by atoms with Crippen molar-refractivity contribution in [2.24, 2.45) is 11.8 Å². The Morgan fingerprint density at radius 1 is 1.24 bits per heavy atom. The molecule has 0 saturated carbocycles. The first-order valence-electron chi connectivity index (χ1n) is 9.98. The lowest BCUT2D eigenvalue weighted by Crippen LogP contribution is -2.53. The quantitative estimate of drug-likeness (QED) is 0.528. The summed E-state index contributed by atoms with van der Waals surface area (Å²) >= 11 is 0. The SMILES string of the molecule is COC(=O)CC(=O)C[C@H](O)[C@H](C)[C@H]1OC(C)(C)O[C@H](/C=C/c2ccccc2)[C@H]1C. The molecule has 0 spiro atoms. The molecule has 0 aromatic heterocycles. The Balaban J connectivity index is 2.08. The van der Waals surface area contributed by atoms with Crippen molar-refractivity contribution in [2.75, 3.05) is 7.11 Å². The van der Waals surface area contributed by atoms with Crippen LogP contribution in [0.15, 0.2) is 36.4 Å². The van der Waals surface area contributed by atoms with Crippen LogP contribution >= 0.6 is 0 Å². The van der Waals surface area contributed by atoms with Crippen molar-refractivity contribution in [2.45, 2.75) is 64.6 Å². The van der Waals surface area contributed by atoms with Gasteiger partial charge in [-0.2, -0.15) is 0 Å². The molecule has 1 aromatic rings. The second kappa shape index (κ2) is 10.1. The smallest absolute Gasteiger partial charge is 0.313 e. The Bertz CT molecular complexity index is 711. The topological polar surface area (TPSA) is 82.1 Å². The van der Waals surface area contributed by atoms with E-state index >= 15 is 0 Å². The highest BCUT2D eigenvalue weighted by Crippen LogP contribution is 2.36. The molecule has 0 unspecified atom stereocenters. The number of hydrogen-bond donors (Lipinski definition) is 1. The van der Waals surface area contributed by atoms with Crippen molar-refractivity contribution in [3.05, 3.63) is 42.0 Å². The second-order valence-corrected chi connectivity index (χ2v) is 8.12. The van der Waals surface area contributed by atoms with Gasteiger partial charge in [0.25, 0.3) is 0 Å². The molecule has 0 amide bonds. The lowest BCUT2D eigenvalue weighted by Gasteiger charge is -2.47. The fraction of sp³-hybridized carbons (Fsp3) is 0.565. The fourth-order valence-corrected chi connectivity index (χ4v) is 3.60. The van der Waals surface area contributed by atoms with Gasteiger partial charge < -0.3 is 19.3 Å². The van der Waals surface area contributed by atoms with Gasteiger partial charge in [0, 0.05) is 18.3 Å². The van der Waals surface area contributed by atoms with Crippen LogP contribution in [-0.4, -0.2) is 48.1 Å². The minimum Gasteiger partial charge on any atom is -0.469 e. The molecule has 160 valence electrons. The standard InChI is InChI=1S/C23H32O6/c1-15(19(25)13-18(24)14-21(26)27-5)22-16(2)20(28-23(3,4)29-22)12-11-17-9-7-6-8-10-17/h6-12,15-16,19-20,22,25H,13-14H2,1-5H3/b12-11+/t15-,16+,19-,20+,22+/m0/s1. The van der Waals surface area contributed by atoms with E-state index in [0.717, 1.165) is 5.56 Å². The molecule has 6 heteroatoms. The summed E-state index contributed by atoms with van der Waals surface area (Å²) in [5, 5.41) is 10.6. The van der Waals surface area contributed by atoms with Gasteiger partial charge in [-0.15, -0.1) is 0 Å². The van der Waals surface area contributed by atoms with Gasteiger partial charge in [0.15, 0.2) is 5.79 Å². The van der Waals surface area contributed by atoms with Gasteiger partial charge in [0.1, 0.15) is 12.2 Å². The summed E-state index contributed by atoms with van der Waals surface area (Å²) in [7, 11) is 1.23. The van der Waals surface area contributed by atoms with Crippen LogP contribution in [0.5, 0.6) is 0 Å². The predicted octanol–water partition coefficient (Wildman–Crippen LogP) is 3.38. The summed E-state index contributed by atoms with van der Waals surface area (Å²) in [4.78, 5) is 23.3. The van der Waals surface area contributed by atoms with E-state index < -0.39 is 17.9 Å². The number of benzene rings is 1. The minimum atomic E-state index is -0.924. The number of ketones is 1. The fourth-order valence-electron chi connectivity index (χ4n) is 3.60. The molecule has 1 aromatic carbocycles. The van der Waals surface area contributed by atoms with E-state index in [4.69, 9.17) is 9.47 Å². The Kier molecular flexibility index (Phi) is 8.14. The first kappa shape index (κ1) is 23.3. The van der Waals surface area contributed by atoms with Crippen LogP contribution < -0.4 is 0 Å². The number of methoxy groups -OCH3 is 1. The highest BCUT2D eigenvalue weighted by atomic mass is 16.7. The Labute approximate surface area is 172 Å². The maximum atomic E-state index is 12.0. The van der Waals surface area contributed by atoms with Gasteiger partial charge in [-0.3, -0.25) is 9.59 Å².